The van der Waals surface area contributed by atoms with Gasteiger partial charge in [-0.3, -0.25) is 0 Å². The molecule has 0 amide bonds. The molecular weight excluding hydrogens is 560 g/mol. The maximum absolute atomic E-state index is 10.7. The Kier molecular flexibility index (Phi) is 12.4. The molecule has 14 nitrogen and oxygen atoms in total. The predicted octanol–water partition coefficient (Wildman–Crippen LogP) is 0.0656. The van der Waals surface area contributed by atoms with E-state index in [0.717, 1.165) is 0 Å². The van der Waals surface area contributed by atoms with Gasteiger partial charge in [-0.05, 0) is 27.7 Å². The summed E-state index contributed by atoms with van der Waals surface area (Å²) in [6.45, 7) is 7.25. The summed E-state index contributed by atoms with van der Waals surface area (Å²) in [7, 11) is 6.19. The molecule has 0 radical (unpaired) electrons. The molecule has 0 aromatic rings. The van der Waals surface area contributed by atoms with E-state index in [4.69, 9.17) is 52.1 Å². The first kappa shape index (κ1) is 34.3. The minimum Gasteiger partial charge on any atom is -0.388 e. The van der Waals surface area contributed by atoms with E-state index in [1.807, 2.05) is 20.8 Å². The molecule has 4 fully saturated rings. The van der Waals surface area contributed by atoms with Gasteiger partial charge in [0.25, 0.3) is 0 Å². The first-order valence-electron chi connectivity index (χ1n) is 14.7. The summed E-state index contributed by atoms with van der Waals surface area (Å²) in [6.07, 6.45) is -9.70. The Morgan fingerprint density at radius 2 is 0.929 bits per heavy atom. The zero-order valence-electron chi connectivity index (χ0n) is 25.8. The van der Waals surface area contributed by atoms with Gasteiger partial charge < -0.3 is 67.4 Å². The molecule has 17 atom stereocenters. The second-order valence-corrected chi connectivity index (χ2v) is 11.6. The molecule has 4 heterocycles. The van der Waals surface area contributed by atoms with Crippen molar-refractivity contribution in [2.24, 2.45) is 0 Å². The minimum atomic E-state index is -1.20. The molecule has 4 rings (SSSR count). The number of aliphatic hydroxyl groups is 3. The molecule has 14 heteroatoms. The Labute approximate surface area is 247 Å². The van der Waals surface area contributed by atoms with Crippen LogP contribution in [0.25, 0.3) is 0 Å². The van der Waals surface area contributed by atoms with E-state index in [-0.39, 0.29) is 18.3 Å². The normalized spacial score (nSPS) is 50.5. The van der Waals surface area contributed by atoms with Gasteiger partial charge in [-0.1, -0.05) is 0 Å². The lowest BCUT2D eigenvalue weighted by molar-refractivity contribution is -0.355. The van der Waals surface area contributed by atoms with Crippen LogP contribution < -0.4 is 0 Å². The quantitative estimate of drug-likeness (QED) is 0.305. The summed E-state index contributed by atoms with van der Waals surface area (Å²) in [6, 6.07) is 0. The average Bonchev–Trinajstić information content (AvgIpc) is 2.95. The van der Waals surface area contributed by atoms with Gasteiger partial charge in [0.2, 0.25) is 0 Å². The largest absolute Gasteiger partial charge is 0.388 e. The third-order valence-corrected chi connectivity index (χ3v) is 8.75. The van der Waals surface area contributed by atoms with Crippen LogP contribution >= 0.6 is 0 Å². The maximum Gasteiger partial charge on any atom is 0.187 e. The smallest absolute Gasteiger partial charge is 0.187 e. The SMILES string of the molecule is CO[C@H]1[C@@H](O)[C@H](O[C@@H]2[C@@H](C)O[C@@H](O[C@H]3[C@@H](OC)C[C@H](O[C@H]4[C@@H](OC)C[C@H](O)O[C@@H]4C)O[C@@H]3C)C[C@H]2OC)O[C@H](C)[C@H]1O. The van der Waals surface area contributed by atoms with E-state index < -0.39 is 86.2 Å². The molecule has 4 aliphatic heterocycles. The topological polar surface area (TPSA) is 162 Å². The van der Waals surface area contributed by atoms with E-state index in [2.05, 4.69) is 0 Å². The zero-order valence-corrected chi connectivity index (χ0v) is 25.8. The molecule has 0 spiro atoms. The van der Waals surface area contributed by atoms with Crippen molar-refractivity contribution in [3.63, 3.8) is 0 Å². The maximum atomic E-state index is 10.7. The molecule has 246 valence electrons. The third-order valence-electron chi connectivity index (χ3n) is 8.75. The summed E-state index contributed by atoms with van der Waals surface area (Å²) in [5, 5.41) is 31.0. The molecule has 0 aromatic carbocycles. The van der Waals surface area contributed by atoms with Crippen LogP contribution in [0.2, 0.25) is 0 Å². The Balaban J connectivity index is 1.35. The number of ether oxygens (including phenoxy) is 11. The zero-order chi connectivity index (χ0) is 30.7. The van der Waals surface area contributed by atoms with Crippen LogP contribution in [0.4, 0.5) is 0 Å². The van der Waals surface area contributed by atoms with Crippen LogP contribution in [0, 0.1) is 0 Å². The van der Waals surface area contributed by atoms with Gasteiger partial charge in [0.1, 0.15) is 36.6 Å². The van der Waals surface area contributed by atoms with Crippen molar-refractivity contribution in [2.45, 2.75) is 151 Å². The van der Waals surface area contributed by atoms with Crippen LogP contribution in [0.15, 0.2) is 0 Å². The van der Waals surface area contributed by atoms with Gasteiger partial charge >= 0.3 is 0 Å². The van der Waals surface area contributed by atoms with E-state index in [9.17, 15) is 15.3 Å². The van der Waals surface area contributed by atoms with Gasteiger partial charge in [0.15, 0.2) is 25.2 Å². The van der Waals surface area contributed by atoms with Crippen LogP contribution in [0.1, 0.15) is 47.0 Å². The summed E-state index contributed by atoms with van der Waals surface area (Å²) in [5.74, 6) is 0. The van der Waals surface area contributed by atoms with Gasteiger partial charge in [0, 0.05) is 47.7 Å². The van der Waals surface area contributed by atoms with Gasteiger partial charge in [0.05, 0.1) is 42.7 Å². The lowest BCUT2D eigenvalue weighted by Crippen LogP contribution is -2.61. The van der Waals surface area contributed by atoms with Gasteiger partial charge in [-0.2, -0.15) is 0 Å². The van der Waals surface area contributed by atoms with E-state index in [1.165, 1.54) is 7.11 Å². The van der Waals surface area contributed by atoms with Crippen LogP contribution in [-0.2, 0) is 52.1 Å². The molecule has 0 bridgehead atoms. The number of aliphatic hydroxyl groups excluding tert-OH is 3. The first-order valence-corrected chi connectivity index (χ1v) is 14.7. The Morgan fingerprint density at radius 3 is 1.40 bits per heavy atom. The Hall–Kier alpha value is -0.560. The number of hydrogen-bond acceptors (Lipinski definition) is 14. The van der Waals surface area contributed by atoms with E-state index in [0.29, 0.717) is 19.3 Å². The lowest BCUT2D eigenvalue weighted by atomic mass is 9.98. The monoisotopic (exact) mass is 610 g/mol. The molecule has 0 aromatic heterocycles. The Morgan fingerprint density at radius 1 is 0.476 bits per heavy atom. The van der Waals surface area contributed by atoms with Crippen LogP contribution in [-0.4, -0.2) is 148 Å². The fourth-order valence-corrected chi connectivity index (χ4v) is 6.37. The predicted molar refractivity (Wildman–Crippen MR) is 143 cm³/mol. The molecule has 3 N–H and O–H groups in total. The minimum absolute atomic E-state index is 0.301. The van der Waals surface area contributed by atoms with Crippen molar-refractivity contribution in [3.05, 3.63) is 0 Å². The fourth-order valence-electron chi connectivity index (χ4n) is 6.37. The highest BCUT2D eigenvalue weighted by Gasteiger charge is 2.49. The number of rotatable bonds is 10. The highest BCUT2D eigenvalue weighted by Crippen LogP contribution is 2.35. The Bertz CT molecular complexity index is 821. The van der Waals surface area contributed by atoms with Crippen molar-refractivity contribution < 1.29 is 67.4 Å². The fraction of sp³-hybridized carbons (Fsp3) is 1.00. The van der Waals surface area contributed by atoms with E-state index >= 15 is 0 Å². The molecule has 0 aliphatic carbocycles. The third kappa shape index (κ3) is 7.62. The number of methoxy groups -OCH3 is 4. The summed E-state index contributed by atoms with van der Waals surface area (Å²) < 4.78 is 65.0. The second-order valence-electron chi connectivity index (χ2n) is 11.6. The van der Waals surface area contributed by atoms with Crippen LogP contribution in [0.3, 0.4) is 0 Å². The average molecular weight is 611 g/mol. The summed E-state index contributed by atoms with van der Waals surface area (Å²) >= 11 is 0. The molecule has 42 heavy (non-hydrogen) atoms. The van der Waals surface area contributed by atoms with E-state index in [1.54, 1.807) is 28.3 Å². The highest BCUT2D eigenvalue weighted by atomic mass is 16.8. The summed E-state index contributed by atoms with van der Waals surface area (Å²) in [5.41, 5.74) is 0. The second kappa shape index (κ2) is 15.1. The first-order chi connectivity index (χ1) is 20.0. The van der Waals surface area contributed by atoms with Crippen molar-refractivity contribution in [2.75, 3.05) is 28.4 Å². The van der Waals surface area contributed by atoms with Gasteiger partial charge in [-0.15, -0.1) is 0 Å². The van der Waals surface area contributed by atoms with Crippen molar-refractivity contribution in [3.8, 4) is 0 Å². The molecule has 0 saturated carbocycles. The molecule has 4 aliphatic rings. The van der Waals surface area contributed by atoms with Crippen molar-refractivity contribution >= 4 is 0 Å². The van der Waals surface area contributed by atoms with Crippen molar-refractivity contribution in [1.29, 1.82) is 0 Å². The summed E-state index contributed by atoms with van der Waals surface area (Å²) in [4.78, 5) is 0. The standard InChI is InChI=1S/C28H50O14/c1-12-22(30)27(35-8)23(31)28(39-12)42-26-15(4)38-21(11-18(26)34-7)41-25-14(3)37-20(10-17(25)33-6)40-24-13(2)36-19(29)9-16(24)32-5/h12-31H,9-11H2,1-8H3/t12-,13-,14-,15-,16+,17+,18-,19-,20+,21+,22-,23-,24-,25-,26-,27-,28+/m1/s1. The van der Waals surface area contributed by atoms with Gasteiger partial charge in [-0.25, -0.2) is 0 Å². The molecule has 0 unspecified atom stereocenters. The van der Waals surface area contributed by atoms with Crippen molar-refractivity contribution in [1.82, 2.24) is 0 Å². The molecular formula is C28H50O14. The lowest BCUT2D eigenvalue weighted by Gasteiger charge is -2.47. The highest BCUT2D eigenvalue weighted by molar-refractivity contribution is 4.92. The van der Waals surface area contributed by atoms with Crippen LogP contribution in [0.5, 0.6) is 0 Å². The number of hydrogen-bond donors (Lipinski definition) is 3. The molecule has 4 saturated heterocycles.